The molecule has 0 aliphatic heterocycles. The molecule has 220 valence electrons. The number of nitrogens with two attached hydrogens (primary N) is 1. The van der Waals surface area contributed by atoms with Gasteiger partial charge in [-0.05, 0) is 40.5 Å². The van der Waals surface area contributed by atoms with Crippen molar-refractivity contribution in [3.05, 3.63) is 77.9 Å². The molecule has 0 radical (unpaired) electrons. The maximum atomic E-state index is 14.1. The monoisotopic (exact) mass is 562 g/mol. The number of methoxy groups -OCH3 is 1. The van der Waals surface area contributed by atoms with Gasteiger partial charge in [0.15, 0.2) is 0 Å². The summed E-state index contributed by atoms with van der Waals surface area (Å²) < 4.78 is 10.8. The lowest BCUT2D eigenvalue weighted by Gasteiger charge is -2.34. The third-order valence-corrected chi connectivity index (χ3v) is 7.42. The van der Waals surface area contributed by atoms with E-state index in [1.54, 1.807) is 28.3 Å². The summed E-state index contributed by atoms with van der Waals surface area (Å²) in [6.07, 6.45) is 1.30. The number of ether oxygens (including phenoxy) is 2. The minimum atomic E-state index is -0.861. The van der Waals surface area contributed by atoms with Crippen molar-refractivity contribution >= 4 is 28.5 Å². The molecule has 3 aromatic carbocycles. The molecule has 3 rings (SSSR count). The molecule has 0 fully saturated rings. The lowest BCUT2D eigenvalue weighted by Crippen LogP contribution is -2.56. The van der Waals surface area contributed by atoms with Crippen LogP contribution >= 0.6 is 0 Å². The van der Waals surface area contributed by atoms with E-state index in [2.05, 4.69) is 5.32 Å². The smallest absolute Gasteiger partial charge is 0.249 e. The van der Waals surface area contributed by atoms with Crippen LogP contribution in [0.2, 0.25) is 0 Å². The SMILES string of the molecule is CCC(N)COCC(=O)N(C)[C@H](Cc1ccc2ccccc2c1)C(=O)N(C)[C@H](Cc1ccc(OC)cc1)C(=O)NC. The van der Waals surface area contributed by atoms with Crippen LogP contribution in [-0.2, 0) is 32.0 Å². The highest BCUT2D eigenvalue weighted by atomic mass is 16.5. The fraction of sp³-hybridized carbons (Fsp3) is 0.406. The Morgan fingerprint density at radius 3 is 2.15 bits per heavy atom. The Balaban J connectivity index is 1.89. The second kappa shape index (κ2) is 15.2. The normalized spacial score (nSPS) is 13.2. The van der Waals surface area contributed by atoms with Gasteiger partial charge < -0.3 is 30.3 Å². The Hall–Kier alpha value is -3.95. The Morgan fingerprint density at radius 1 is 0.878 bits per heavy atom. The highest BCUT2D eigenvalue weighted by Crippen LogP contribution is 2.20. The number of likely N-dealkylation sites (N-methyl/N-ethyl adjacent to an activating group) is 3. The van der Waals surface area contributed by atoms with Gasteiger partial charge in [-0.15, -0.1) is 0 Å². The molecule has 41 heavy (non-hydrogen) atoms. The number of fused-ring (bicyclic) bond motifs is 1. The van der Waals surface area contributed by atoms with Crippen LogP contribution in [0, 0.1) is 0 Å². The molecule has 0 aliphatic carbocycles. The molecule has 3 atom stereocenters. The molecule has 0 aliphatic rings. The van der Waals surface area contributed by atoms with Gasteiger partial charge in [-0.25, -0.2) is 0 Å². The van der Waals surface area contributed by atoms with Gasteiger partial charge in [0.25, 0.3) is 0 Å². The number of hydrogen-bond acceptors (Lipinski definition) is 6. The number of nitrogens with one attached hydrogen (secondary N) is 1. The quantitative estimate of drug-likeness (QED) is 0.312. The van der Waals surface area contributed by atoms with Gasteiger partial charge >= 0.3 is 0 Å². The first kappa shape index (κ1) is 31.6. The highest BCUT2D eigenvalue weighted by Gasteiger charge is 2.35. The summed E-state index contributed by atoms with van der Waals surface area (Å²) >= 11 is 0. The number of rotatable bonds is 14. The number of carbonyl (C=O) groups is 3. The van der Waals surface area contributed by atoms with Crippen molar-refractivity contribution in [2.75, 3.05) is 41.5 Å². The predicted molar refractivity (Wildman–Crippen MR) is 161 cm³/mol. The summed E-state index contributed by atoms with van der Waals surface area (Å²) in [6, 6.07) is 19.5. The van der Waals surface area contributed by atoms with E-state index in [9.17, 15) is 14.4 Å². The molecule has 0 aromatic heterocycles. The van der Waals surface area contributed by atoms with Crippen LogP contribution in [0.25, 0.3) is 10.8 Å². The Kier molecular flexibility index (Phi) is 11.7. The minimum absolute atomic E-state index is 0.166. The number of carbonyl (C=O) groups excluding carboxylic acids is 3. The Bertz CT molecular complexity index is 1310. The van der Waals surface area contributed by atoms with E-state index in [4.69, 9.17) is 15.2 Å². The van der Waals surface area contributed by atoms with Crippen molar-refractivity contribution in [2.24, 2.45) is 5.73 Å². The molecule has 3 N–H and O–H groups in total. The molecule has 9 nitrogen and oxygen atoms in total. The maximum absolute atomic E-state index is 14.1. The molecule has 9 heteroatoms. The van der Waals surface area contributed by atoms with E-state index in [-0.39, 0.29) is 43.4 Å². The zero-order chi connectivity index (χ0) is 29.9. The van der Waals surface area contributed by atoms with Crippen molar-refractivity contribution in [2.45, 2.75) is 44.3 Å². The fourth-order valence-electron chi connectivity index (χ4n) is 4.62. The standard InChI is InChI=1S/C32H42N4O5/c1-6-26(33)20-41-21-30(37)35(3)29(19-23-11-14-24-9-7-8-10-25(24)17-23)32(39)36(4)28(31(38)34-2)18-22-12-15-27(40-5)16-13-22/h7-17,26,28-29H,6,18-21,33H2,1-5H3,(H,34,38)/t26?,28-,29-/m1/s1. The highest BCUT2D eigenvalue weighted by molar-refractivity contribution is 5.92. The minimum Gasteiger partial charge on any atom is -0.497 e. The molecule has 0 saturated heterocycles. The average molecular weight is 563 g/mol. The molecule has 0 bridgehead atoms. The molecule has 1 unspecified atom stereocenters. The van der Waals surface area contributed by atoms with Crippen LogP contribution in [0.15, 0.2) is 66.7 Å². The molecule has 3 amide bonds. The van der Waals surface area contributed by atoms with Crippen molar-refractivity contribution in [1.29, 1.82) is 0 Å². The summed E-state index contributed by atoms with van der Waals surface area (Å²) in [5.74, 6) is -0.284. The van der Waals surface area contributed by atoms with Crippen LogP contribution in [-0.4, -0.2) is 87.1 Å². The number of benzene rings is 3. The molecule has 3 aromatic rings. The third kappa shape index (κ3) is 8.52. The average Bonchev–Trinajstić information content (AvgIpc) is 3.01. The van der Waals surface area contributed by atoms with Crippen LogP contribution < -0.4 is 15.8 Å². The van der Waals surface area contributed by atoms with Crippen LogP contribution in [0.5, 0.6) is 5.75 Å². The molecule has 0 saturated carbocycles. The largest absolute Gasteiger partial charge is 0.497 e. The molecule has 0 spiro atoms. The van der Waals surface area contributed by atoms with Crippen molar-refractivity contribution in [1.82, 2.24) is 15.1 Å². The first-order valence-electron chi connectivity index (χ1n) is 13.9. The summed E-state index contributed by atoms with van der Waals surface area (Å²) in [6.45, 7) is 2.00. The van der Waals surface area contributed by atoms with E-state index in [0.717, 1.165) is 28.3 Å². The zero-order valence-corrected chi connectivity index (χ0v) is 24.6. The van der Waals surface area contributed by atoms with Gasteiger partial charge in [-0.3, -0.25) is 14.4 Å². The van der Waals surface area contributed by atoms with Crippen LogP contribution in [0.4, 0.5) is 0 Å². The van der Waals surface area contributed by atoms with Gasteiger partial charge in [-0.2, -0.15) is 0 Å². The molecular weight excluding hydrogens is 520 g/mol. The predicted octanol–water partition coefficient (Wildman–Crippen LogP) is 2.79. The van der Waals surface area contributed by atoms with Crippen molar-refractivity contribution < 1.29 is 23.9 Å². The Morgan fingerprint density at radius 2 is 1.51 bits per heavy atom. The van der Waals surface area contributed by atoms with Crippen molar-refractivity contribution in [3.63, 3.8) is 0 Å². The van der Waals surface area contributed by atoms with Gasteiger partial charge in [0.05, 0.1) is 13.7 Å². The first-order valence-corrected chi connectivity index (χ1v) is 13.9. The number of amides is 3. The van der Waals surface area contributed by atoms with E-state index < -0.39 is 12.1 Å². The zero-order valence-electron chi connectivity index (χ0n) is 24.6. The van der Waals surface area contributed by atoms with E-state index in [1.165, 1.54) is 9.80 Å². The summed E-state index contributed by atoms with van der Waals surface area (Å²) in [5.41, 5.74) is 7.70. The number of nitrogens with zero attached hydrogens (tertiary/aromatic N) is 2. The van der Waals surface area contributed by atoms with Crippen molar-refractivity contribution in [3.8, 4) is 5.75 Å². The Labute approximate surface area is 242 Å². The summed E-state index contributed by atoms with van der Waals surface area (Å²) in [4.78, 5) is 43.2. The topological polar surface area (TPSA) is 114 Å². The van der Waals surface area contributed by atoms with Crippen LogP contribution in [0.1, 0.15) is 24.5 Å². The third-order valence-electron chi connectivity index (χ3n) is 7.42. The first-order chi connectivity index (χ1) is 19.7. The van der Waals surface area contributed by atoms with Gasteiger partial charge in [0.1, 0.15) is 24.4 Å². The fourth-order valence-corrected chi connectivity index (χ4v) is 4.62. The maximum Gasteiger partial charge on any atom is 0.249 e. The van der Waals surface area contributed by atoms with Gasteiger partial charge in [0, 0.05) is 40.0 Å². The molecular formula is C32H42N4O5. The van der Waals surface area contributed by atoms with E-state index >= 15 is 0 Å². The van der Waals surface area contributed by atoms with E-state index in [0.29, 0.717) is 12.2 Å². The summed E-state index contributed by atoms with van der Waals surface area (Å²) in [7, 11) is 6.34. The number of hydrogen-bond donors (Lipinski definition) is 2. The second-order valence-electron chi connectivity index (χ2n) is 10.2. The van der Waals surface area contributed by atoms with E-state index in [1.807, 2.05) is 73.7 Å². The van der Waals surface area contributed by atoms with Crippen LogP contribution in [0.3, 0.4) is 0 Å². The lowest BCUT2D eigenvalue weighted by atomic mass is 9.98. The second-order valence-corrected chi connectivity index (χ2v) is 10.2. The molecule has 0 heterocycles. The summed E-state index contributed by atoms with van der Waals surface area (Å²) in [5, 5.41) is 4.80. The lowest BCUT2D eigenvalue weighted by molar-refractivity contribution is -0.149. The van der Waals surface area contributed by atoms with Gasteiger partial charge in [-0.1, -0.05) is 61.5 Å². The van der Waals surface area contributed by atoms with Gasteiger partial charge in [0.2, 0.25) is 17.7 Å².